The zero-order valence-electron chi connectivity index (χ0n) is 20.0. The molecule has 1 atom stereocenters. The van der Waals surface area contributed by atoms with E-state index in [1.807, 2.05) is 27.0 Å². The van der Waals surface area contributed by atoms with E-state index in [0.717, 1.165) is 23.8 Å². The smallest absolute Gasteiger partial charge is 0.376 e. The van der Waals surface area contributed by atoms with Gasteiger partial charge in [0, 0.05) is 17.7 Å². The standard InChI is InChI=1S/C23H25F6N3O3S/c1-13(22(24,25)26)31-35-17-8-7-14(23(27,28)29)10-16(17)19(33)30-20-32(11-15-6-5-9-34-15)12-18(36-20)21(2,3)4/h7-8,10,12,15H,5-6,9,11H2,1-4H3/t15-/m1/s1. The van der Waals surface area contributed by atoms with Crippen molar-refractivity contribution in [2.24, 2.45) is 10.1 Å². The van der Waals surface area contributed by atoms with Crippen LogP contribution in [0.5, 0.6) is 5.75 Å². The largest absolute Gasteiger partial charge is 0.432 e. The highest BCUT2D eigenvalue weighted by Crippen LogP contribution is 2.33. The van der Waals surface area contributed by atoms with E-state index in [9.17, 15) is 31.1 Å². The van der Waals surface area contributed by atoms with Crippen molar-refractivity contribution in [1.82, 2.24) is 4.57 Å². The first-order valence-corrected chi connectivity index (χ1v) is 11.8. The highest BCUT2D eigenvalue weighted by Gasteiger charge is 2.34. The summed E-state index contributed by atoms with van der Waals surface area (Å²) in [5, 5.41) is 2.93. The molecule has 1 aliphatic heterocycles. The molecule has 0 N–H and O–H groups in total. The maximum atomic E-state index is 13.3. The monoisotopic (exact) mass is 537 g/mol. The summed E-state index contributed by atoms with van der Waals surface area (Å²) in [6.45, 7) is 7.50. The number of halogens is 6. The first-order chi connectivity index (χ1) is 16.6. The summed E-state index contributed by atoms with van der Waals surface area (Å²) < 4.78 is 85.6. The fourth-order valence-electron chi connectivity index (χ4n) is 3.22. The van der Waals surface area contributed by atoms with Gasteiger partial charge in [-0.1, -0.05) is 25.9 Å². The number of benzene rings is 1. The molecule has 13 heteroatoms. The summed E-state index contributed by atoms with van der Waals surface area (Å²) in [5.74, 6) is -1.70. The summed E-state index contributed by atoms with van der Waals surface area (Å²) in [6, 6.07) is 1.82. The molecule has 1 fully saturated rings. The molecule has 1 amide bonds. The van der Waals surface area contributed by atoms with Gasteiger partial charge in [0.25, 0.3) is 5.91 Å². The summed E-state index contributed by atoms with van der Waals surface area (Å²) >= 11 is 1.19. The Balaban J connectivity index is 2.08. The lowest BCUT2D eigenvalue weighted by Gasteiger charge is -2.15. The summed E-state index contributed by atoms with van der Waals surface area (Å²) in [7, 11) is 0. The van der Waals surface area contributed by atoms with Gasteiger partial charge in [-0.25, -0.2) is 0 Å². The molecule has 1 aromatic carbocycles. The summed E-state index contributed by atoms with van der Waals surface area (Å²) in [4.78, 5) is 23.0. The fourth-order valence-corrected chi connectivity index (χ4v) is 4.28. The Morgan fingerprint density at radius 1 is 1.19 bits per heavy atom. The van der Waals surface area contributed by atoms with Crippen LogP contribution in [-0.2, 0) is 22.9 Å². The molecule has 1 aliphatic rings. The number of carbonyl (C=O) groups is 1. The van der Waals surface area contributed by atoms with Crippen molar-refractivity contribution in [3.05, 3.63) is 45.2 Å². The lowest BCUT2D eigenvalue weighted by Crippen LogP contribution is -2.23. The zero-order chi connectivity index (χ0) is 26.9. The molecule has 1 saturated heterocycles. The molecule has 1 aromatic heterocycles. The fraction of sp³-hybridized carbons (Fsp3) is 0.522. The number of thiazole rings is 1. The predicted octanol–water partition coefficient (Wildman–Crippen LogP) is 6.10. The van der Waals surface area contributed by atoms with Crippen LogP contribution in [0.3, 0.4) is 0 Å². The van der Waals surface area contributed by atoms with Crippen molar-refractivity contribution in [1.29, 1.82) is 0 Å². The molecule has 0 bridgehead atoms. The number of amides is 1. The van der Waals surface area contributed by atoms with Gasteiger partial charge in [0.05, 0.1) is 23.8 Å². The van der Waals surface area contributed by atoms with E-state index in [1.165, 1.54) is 11.3 Å². The van der Waals surface area contributed by atoms with Crippen LogP contribution in [0.25, 0.3) is 0 Å². The number of alkyl halides is 6. The van der Waals surface area contributed by atoms with Gasteiger partial charge in [-0.15, -0.1) is 11.3 Å². The molecule has 0 radical (unpaired) electrons. The summed E-state index contributed by atoms with van der Waals surface area (Å²) in [6.07, 6.45) is -6.21. The van der Waals surface area contributed by atoms with Crippen molar-refractivity contribution >= 4 is 23.0 Å². The van der Waals surface area contributed by atoms with Crippen LogP contribution in [0.15, 0.2) is 34.5 Å². The number of hydrogen-bond donors (Lipinski definition) is 0. The molecule has 0 saturated carbocycles. The van der Waals surface area contributed by atoms with Gasteiger partial charge in [0.2, 0.25) is 0 Å². The highest BCUT2D eigenvalue weighted by atomic mass is 32.1. The third kappa shape index (κ3) is 6.96. The van der Waals surface area contributed by atoms with E-state index in [0.29, 0.717) is 32.2 Å². The van der Waals surface area contributed by atoms with Gasteiger partial charge in [0.1, 0.15) is 0 Å². The number of rotatable bonds is 5. The van der Waals surface area contributed by atoms with Gasteiger partial charge in [0.15, 0.2) is 16.3 Å². The van der Waals surface area contributed by atoms with Crippen molar-refractivity contribution in [3.63, 3.8) is 0 Å². The maximum Gasteiger partial charge on any atom is 0.432 e. The molecule has 0 spiro atoms. The van der Waals surface area contributed by atoms with Gasteiger partial charge in [-0.2, -0.15) is 31.3 Å². The quantitative estimate of drug-likeness (QED) is 0.263. The molecule has 36 heavy (non-hydrogen) atoms. The minimum Gasteiger partial charge on any atom is -0.376 e. The van der Waals surface area contributed by atoms with E-state index in [1.54, 1.807) is 4.57 Å². The number of hydrogen-bond acceptors (Lipinski definition) is 5. The Labute approximate surface area is 207 Å². The lowest BCUT2D eigenvalue weighted by molar-refractivity contribution is -0.137. The molecule has 2 heterocycles. The molecule has 6 nitrogen and oxygen atoms in total. The van der Waals surface area contributed by atoms with Crippen LogP contribution in [0.4, 0.5) is 26.3 Å². The number of nitrogens with zero attached hydrogens (tertiary/aromatic N) is 3. The molecule has 2 aromatic rings. The van der Waals surface area contributed by atoms with Crippen molar-refractivity contribution in [2.45, 2.75) is 71.0 Å². The van der Waals surface area contributed by atoms with Gasteiger partial charge in [-0.3, -0.25) is 4.79 Å². The zero-order valence-corrected chi connectivity index (χ0v) is 20.8. The minimum absolute atomic E-state index is 0.103. The van der Waals surface area contributed by atoms with Crippen LogP contribution >= 0.6 is 11.3 Å². The number of ether oxygens (including phenoxy) is 1. The third-order valence-corrected chi connectivity index (χ3v) is 6.76. The second-order valence-corrected chi connectivity index (χ2v) is 10.3. The lowest BCUT2D eigenvalue weighted by atomic mass is 9.95. The Hall–Kier alpha value is -2.67. The van der Waals surface area contributed by atoms with Crippen LogP contribution in [0.2, 0.25) is 0 Å². The number of carbonyl (C=O) groups excluding carboxylic acids is 1. The van der Waals surface area contributed by atoms with Gasteiger partial charge >= 0.3 is 12.4 Å². The third-order valence-electron chi connectivity index (χ3n) is 5.31. The summed E-state index contributed by atoms with van der Waals surface area (Å²) in [5.41, 5.74) is -3.52. The van der Waals surface area contributed by atoms with Crippen LogP contribution in [0.1, 0.15) is 61.3 Å². The van der Waals surface area contributed by atoms with E-state index in [-0.39, 0.29) is 16.3 Å². The second kappa shape index (κ2) is 10.4. The van der Waals surface area contributed by atoms with Crippen molar-refractivity contribution in [3.8, 4) is 5.75 Å². The average molecular weight is 538 g/mol. The Bertz CT molecular complexity index is 1200. The first-order valence-electron chi connectivity index (χ1n) is 11.0. The molecule has 3 rings (SSSR count). The first kappa shape index (κ1) is 27.9. The second-order valence-electron chi connectivity index (χ2n) is 9.31. The molecule has 198 valence electrons. The minimum atomic E-state index is -4.81. The Morgan fingerprint density at radius 2 is 1.89 bits per heavy atom. The van der Waals surface area contributed by atoms with E-state index < -0.39 is 40.8 Å². The van der Waals surface area contributed by atoms with E-state index in [4.69, 9.17) is 9.57 Å². The molecular weight excluding hydrogens is 512 g/mol. The Morgan fingerprint density at radius 3 is 2.44 bits per heavy atom. The van der Waals surface area contributed by atoms with E-state index in [2.05, 4.69) is 10.1 Å². The van der Waals surface area contributed by atoms with Crippen molar-refractivity contribution in [2.75, 3.05) is 6.61 Å². The number of oxime groups is 1. The highest BCUT2D eigenvalue weighted by molar-refractivity contribution is 7.09. The van der Waals surface area contributed by atoms with Crippen LogP contribution in [-0.4, -0.2) is 35.1 Å². The topological polar surface area (TPSA) is 65.2 Å². The molecule has 0 unspecified atom stereocenters. The van der Waals surface area contributed by atoms with Crippen LogP contribution < -0.4 is 9.64 Å². The average Bonchev–Trinajstić information content (AvgIpc) is 3.41. The van der Waals surface area contributed by atoms with E-state index >= 15 is 0 Å². The van der Waals surface area contributed by atoms with Crippen LogP contribution in [0, 0.1) is 0 Å². The normalized spacial score (nSPS) is 18.1. The molecular formula is C23H25F6N3O3S. The van der Waals surface area contributed by atoms with Gasteiger partial charge in [-0.05, 0) is 43.4 Å². The number of aromatic nitrogens is 1. The molecule has 0 aliphatic carbocycles. The van der Waals surface area contributed by atoms with Crippen molar-refractivity contribution < 1.29 is 40.7 Å². The maximum absolute atomic E-state index is 13.3. The SMILES string of the molecule is CC(=NOc1ccc(C(F)(F)F)cc1C(=O)N=c1sc(C(C)(C)C)cn1C[C@H]1CCCO1)C(F)(F)F. The van der Waals surface area contributed by atoms with Gasteiger partial charge < -0.3 is 14.1 Å². The predicted molar refractivity (Wildman–Crippen MR) is 121 cm³/mol. The Kier molecular flexibility index (Phi) is 8.04.